The molecule has 2 fully saturated rings. The van der Waals surface area contributed by atoms with Gasteiger partial charge in [-0.25, -0.2) is 0 Å². The molecule has 0 aromatic rings. The third-order valence-corrected chi connectivity index (χ3v) is 6.80. The van der Waals surface area contributed by atoms with E-state index >= 15 is 0 Å². The molecule has 0 saturated heterocycles. The predicted octanol–water partition coefficient (Wildman–Crippen LogP) is 5.50. The molecule has 0 aromatic carbocycles. The lowest BCUT2D eigenvalue weighted by Gasteiger charge is -2.61. The Morgan fingerprint density at radius 3 is 2.48 bits per heavy atom. The number of allylic oxidation sites excluding steroid dienone is 2. The molecule has 0 amide bonds. The lowest BCUT2D eigenvalue weighted by molar-refractivity contribution is -0.168. The maximum absolute atomic E-state index is 11.0. The van der Waals surface area contributed by atoms with Crippen LogP contribution in [0, 0.1) is 22.7 Å². The highest BCUT2D eigenvalue weighted by molar-refractivity contribution is 5.13. The maximum Gasteiger partial charge on any atom is 0.0653 e. The van der Waals surface area contributed by atoms with E-state index in [9.17, 15) is 5.11 Å². The Labute approximate surface area is 131 Å². The van der Waals surface area contributed by atoms with Crippen LogP contribution in [0.25, 0.3) is 0 Å². The second-order valence-electron chi connectivity index (χ2n) is 8.75. The summed E-state index contributed by atoms with van der Waals surface area (Å²) in [5, 5.41) is 11.0. The van der Waals surface area contributed by atoms with Gasteiger partial charge in [-0.3, -0.25) is 0 Å². The third-order valence-electron chi connectivity index (χ3n) is 6.80. The van der Waals surface area contributed by atoms with Gasteiger partial charge < -0.3 is 5.11 Å². The van der Waals surface area contributed by atoms with E-state index < -0.39 is 5.60 Å². The number of hydrogen-bond acceptors (Lipinski definition) is 1. The van der Waals surface area contributed by atoms with Gasteiger partial charge in [-0.05, 0) is 68.1 Å². The Morgan fingerprint density at radius 2 is 1.86 bits per heavy atom. The Kier molecular flexibility index (Phi) is 4.46. The predicted molar refractivity (Wildman–Crippen MR) is 91.1 cm³/mol. The average molecular weight is 290 g/mol. The van der Waals surface area contributed by atoms with Crippen LogP contribution in [0.3, 0.4) is 0 Å². The molecule has 2 aliphatic rings. The number of fused-ring (bicyclic) bond motifs is 1. The van der Waals surface area contributed by atoms with E-state index in [-0.39, 0.29) is 5.41 Å². The zero-order valence-electron chi connectivity index (χ0n) is 14.5. The summed E-state index contributed by atoms with van der Waals surface area (Å²) >= 11 is 0. The Morgan fingerprint density at radius 1 is 1.19 bits per heavy atom. The van der Waals surface area contributed by atoms with Gasteiger partial charge in [0.05, 0.1) is 5.60 Å². The summed E-state index contributed by atoms with van der Waals surface area (Å²) in [4.78, 5) is 0. The summed E-state index contributed by atoms with van der Waals surface area (Å²) in [6.07, 6.45) is 9.90. The van der Waals surface area contributed by atoms with Gasteiger partial charge in [-0.2, -0.15) is 0 Å². The molecular weight excluding hydrogens is 256 g/mol. The van der Waals surface area contributed by atoms with Crippen molar-refractivity contribution >= 4 is 0 Å². The van der Waals surface area contributed by atoms with Crippen LogP contribution in [-0.2, 0) is 0 Å². The first-order valence-corrected chi connectivity index (χ1v) is 8.66. The summed E-state index contributed by atoms with van der Waals surface area (Å²) in [5.74, 6) is 1.11. The van der Waals surface area contributed by atoms with Crippen LogP contribution in [0.5, 0.6) is 0 Å². The first kappa shape index (κ1) is 16.8. The molecule has 0 aliphatic heterocycles. The van der Waals surface area contributed by atoms with Crippen LogP contribution in [0.1, 0.15) is 72.6 Å². The van der Waals surface area contributed by atoms with Crippen LogP contribution in [0.4, 0.5) is 0 Å². The lowest BCUT2D eigenvalue weighted by atomic mass is 9.45. The van der Waals surface area contributed by atoms with Crippen molar-refractivity contribution in [2.75, 3.05) is 0 Å². The summed E-state index contributed by atoms with van der Waals surface area (Å²) in [6, 6.07) is 0. The molecule has 1 N–H and O–H groups in total. The molecular formula is C20H34O. The first-order valence-electron chi connectivity index (χ1n) is 8.66. The van der Waals surface area contributed by atoms with Crippen molar-refractivity contribution in [2.24, 2.45) is 22.7 Å². The fraction of sp³-hybridized carbons (Fsp3) is 0.800. The van der Waals surface area contributed by atoms with Crippen molar-refractivity contribution in [1.82, 2.24) is 0 Å². The minimum absolute atomic E-state index is 0.269. The fourth-order valence-electron chi connectivity index (χ4n) is 5.70. The molecule has 1 nitrogen and oxygen atoms in total. The molecule has 0 aromatic heterocycles. The van der Waals surface area contributed by atoms with Gasteiger partial charge in [0, 0.05) is 0 Å². The summed E-state index contributed by atoms with van der Waals surface area (Å²) < 4.78 is 0. The van der Waals surface area contributed by atoms with Gasteiger partial charge in [0.2, 0.25) is 0 Å². The van der Waals surface area contributed by atoms with E-state index in [2.05, 4.69) is 40.9 Å². The molecule has 0 unspecified atom stereocenters. The zero-order valence-corrected chi connectivity index (χ0v) is 14.5. The second kappa shape index (κ2) is 5.57. The minimum Gasteiger partial charge on any atom is -0.390 e. The summed E-state index contributed by atoms with van der Waals surface area (Å²) in [5.41, 5.74) is 1.26. The SMILES string of the molecule is C=CC(=C)CC[C@H]1[C@]2(C)CCCC(C)(C)[C@H]2CC[C@]1(C)O. The van der Waals surface area contributed by atoms with Gasteiger partial charge in [0.15, 0.2) is 0 Å². The van der Waals surface area contributed by atoms with E-state index in [1.54, 1.807) is 0 Å². The smallest absolute Gasteiger partial charge is 0.0653 e. The fourth-order valence-corrected chi connectivity index (χ4v) is 5.70. The molecule has 0 bridgehead atoms. The number of hydrogen-bond donors (Lipinski definition) is 1. The minimum atomic E-state index is -0.528. The second-order valence-corrected chi connectivity index (χ2v) is 8.75. The lowest BCUT2D eigenvalue weighted by Crippen LogP contribution is -2.57. The van der Waals surface area contributed by atoms with E-state index in [0.29, 0.717) is 11.3 Å². The van der Waals surface area contributed by atoms with Gasteiger partial charge in [-0.1, -0.05) is 52.0 Å². The van der Waals surface area contributed by atoms with E-state index in [0.717, 1.165) is 30.8 Å². The van der Waals surface area contributed by atoms with Gasteiger partial charge in [0.25, 0.3) is 0 Å². The van der Waals surface area contributed by atoms with E-state index in [4.69, 9.17) is 0 Å². The van der Waals surface area contributed by atoms with Gasteiger partial charge >= 0.3 is 0 Å². The van der Waals surface area contributed by atoms with Crippen LogP contribution >= 0.6 is 0 Å². The van der Waals surface area contributed by atoms with Gasteiger partial charge in [-0.15, -0.1) is 0 Å². The normalized spacial score (nSPS) is 42.1. The molecule has 4 atom stereocenters. The third kappa shape index (κ3) is 2.99. The van der Waals surface area contributed by atoms with Crippen molar-refractivity contribution in [1.29, 1.82) is 0 Å². The topological polar surface area (TPSA) is 20.2 Å². The van der Waals surface area contributed by atoms with Crippen molar-refractivity contribution < 1.29 is 5.11 Å². The van der Waals surface area contributed by atoms with Crippen molar-refractivity contribution in [3.05, 3.63) is 24.8 Å². The molecule has 2 saturated carbocycles. The highest BCUT2D eigenvalue weighted by Crippen LogP contribution is 2.62. The monoisotopic (exact) mass is 290 g/mol. The Hall–Kier alpha value is -0.560. The quantitative estimate of drug-likeness (QED) is 0.678. The van der Waals surface area contributed by atoms with Crippen LogP contribution in [0.15, 0.2) is 24.8 Å². The van der Waals surface area contributed by atoms with Crippen LogP contribution < -0.4 is 0 Å². The van der Waals surface area contributed by atoms with Crippen molar-refractivity contribution in [2.45, 2.75) is 78.2 Å². The molecule has 0 spiro atoms. The zero-order chi connectivity index (χ0) is 15.9. The molecule has 2 aliphatic carbocycles. The maximum atomic E-state index is 11.0. The molecule has 0 heterocycles. The molecule has 2 rings (SSSR count). The number of aliphatic hydroxyl groups is 1. The standard InChI is InChI=1S/C20H34O/c1-7-15(2)9-10-17-19(5)13-8-12-18(3,4)16(19)11-14-20(17,6)21/h7,16-17,21H,1-2,8-14H2,3-6H3/t16-,17+,19-,20+/m1/s1. The van der Waals surface area contributed by atoms with Crippen molar-refractivity contribution in [3.63, 3.8) is 0 Å². The largest absolute Gasteiger partial charge is 0.390 e. The van der Waals surface area contributed by atoms with Crippen molar-refractivity contribution in [3.8, 4) is 0 Å². The number of rotatable bonds is 4. The van der Waals surface area contributed by atoms with E-state index in [1.165, 1.54) is 25.7 Å². The Balaban J connectivity index is 2.28. The first-order chi connectivity index (χ1) is 9.63. The molecule has 21 heavy (non-hydrogen) atoms. The summed E-state index contributed by atoms with van der Waals surface area (Å²) in [6.45, 7) is 17.3. The summed E-state index contributed by atoms with van der Waals surface area (Å²) in [7, 11) is 0. The molecule has 1 heteroatoms. The molecule has 0 radical (unpaired) electrons. The highest BCUT2D eigenvalue weighted by Gasteiger charge is 2.57. The molecule has 120 valence electrons. The van der Waals surface area contributed by atoms with Gasteiger partial charge in [0.1, 0.15) is 0 Å². The average Bonchev–Trinajstić information content (AvgIpc) is 2.35. The van der Waals surface area contributed by atoms with Crippen LogP contribution in [0.2, 0.25) is 0 Å². The van der Waals surface area contributed by atoms with E-state index in [1.807, 2.05) is 6.08 Å². The van der Waals surface area contributed by atoms with Crippen LogP contribution in [-0.4, -0.2) is 10.7 Å². The Bertz CT molecular complexity index is 418. The highest BCUT2D eigenvalue weighted by atomic mass is 16.3.